The molecule has 0 aliphatic heterocycles. The van der Waals surface area contributed by atoms with Crippen LogP contribution in [0.3, 0.4) is 0 Å². The number of ether oxygens (including phenoxy) is 1. The molecule has 0 saturated heterocycles. The molecule has 2 aliphatic carbocycles. The molecule has 0 aromatic heterocycles. The number of rotatable bonds is 2. The molecule has 0 amide bonds. The Balaban J connectivity index is 2.05. The summed E-state index contributed by atoms with van der Waals surface area (Å²) in [6, 6.07) is 0. The molecule has 2 aliphatic rings. The van der Waals surface area contributed by atoms with Gasteiger partial charge in [0.15, 0.2) is 0 Å². The summed E-state index contributed by atoms with van der Waals surface area (Å²) in [5.41, 5.74) is -1.45. The Labute approximate surface area is 71.1 Å². The lowest BCUT2D eigenvalue weighted by atomic mass is 9.99. The van der Waals surface area contributed by atoms with E-state index in [-0.39, 0.29) is 11.4 Å². The molecule has 68 valence electrons. The van der Waals surface area contributed by atoms with Gasteiger partial charge in [0, 0.05) is 5.41 Å². The number of methoxy groups -OCH3 is 1. The fourth-order valence-electron chi connectivity index (χ4n) is 1.92. The first-order chi connectivity index (χ1) is 5.53. The minimum atomic E-state index is -1.24. The number of carbonyl (C=O) groups excluding carboxylic acids is 1. The third-order valence-corrected chi connectivity index (χ3v) is 3.38. The van der Waals surface area contributed by atoms with Crippen LogP contribution >= 0.6 is 0 Å². The Bertz CT molecular complexity index is 235. The van der Waals surface area contributed by atoms with E-state index in [1.165, 1.54) is 7.11 Å². The molecule has 12 heavy (non-hydrogen) atoms. The zero-order chi connectivity index (χ0) is 8.98. The molecule has 0 heterocycles. The summed E-state index contributed by atoms with van der Waals surface area (Å²) in [5, 5.41) is 0. The lowest BCUT2D eigenvalue weighted by molar-refractivity contribution is -0.143. The van der Waals surface area contributed by atoms with Gasteiger partial charge in [0.05, 0.1) is 13.0 Å². The Morgan fingerprint density at radius 1 is 1.58 bits per heavy atom. The second-order valence-corrected chi connectivity index (χ2v) is 4.20. The maximum Gasteiger partial charge on any atom is 0.312 e. The highest BCUT2D eigenvalue weighted by Gasteiger charge is 2.73. The topological polar surface area (TPSA) is 26.3 Å². The van der Waals surface area contributed by atoms with Crippen LogP contribution in [-0.4, -0.2) is 18.7 Å². The summed E-state index contributed by atoms with van der Waals surface area (Å²) in [6.45, 7) is 1.91. The number of hydrogen-bond acceptors (Lipinski definition) is 2. The van der Waals surface area contributed by atoms with E-state index in [2.05, 4.69) is 4.74 Å². The van der Waals surface area contributed by atoms with E-state index in [0.717, 1.165) is 12.8 Å². The summed E-state index contributed by atoms with van der Waals surface area (Å²) in [6.07, 6.45) is 2.20. The van der Waals surface area contributed by atoms with Gasteiger partial charge in [-0.2, -0.15) is 0 Å². The van der Waals surface area contributed by atoms with Crippen molar-refractivity contribution in [3.05, 3.63) is 0 Å². The van der Waals surface area contributed by atoms with Crippen molar-refractivity contribution in [3.63, 3.8) is 0 Å². The first kappa shape index (κ1) is 8.02. The highest BCUT2D eigenvalue weighted by atomic mass is 19.1. The van der Waals surface area contributed by atoms with Gasteiger partial charge in [0.25, 0.3) is 0 Å². The fourth-order valence-corrected chi connectivity index (χ4v) is 1.92. The van der Waals surface area contributed by atoms with Crippen LogP contribution in [0.1, 0.15) is 26.2 Å². The van der Waals surface area contributed by atoms with Gasteiger partial charge in [-0.15, -0.1) is 0 Å². The summed E-state index contributed by atoms with van der Waals surface area (Å²) in [4.78, 5) is 11.0. The predicted molar refractivity (Wildman–Crippen MR) is 41.3 cm³/mol. The van der Waals surface area contributed by atoms with Gasteiger partial charge < -0.3 is 4.74 Å². The van der Waals surface area contributed by atoms with E-state index >= 15 is 0 Å². The van der Waals surface area contributed by atoms with Crippen LogP contribution < -0.4 is 0 Å². The quantitative estimate of drug-likeness (QED) is 0.592. The van der Waals surface area contributed by atoms with Crippen molar-refractivity contribution in [3.8, 4) is 0 Å². The number of alkyl halides is 1. The van der Waals surface area contributed by atoms with E-state index in [1.807, 2.05) is 6.92 Å². The van der Waals surface area contributed by atoms with Gasteiger partial charge >= 0.3 is 5.97 Å². The number of halogens is 1. The highest BCUT2D eigenvalue weighted by Crippen LogP contribution is 2.69. The average Bonchev–Trinajstić information content (AvgIpc) is 2.89. The molecule has 0 aromatic carbocycles. The van der Waals surface area contributed by atoms with E-state index in [9.17, 15) is 9.18 Å². The summed E-state index contributed by atoms with van der Waals surface area (Å²) in [7, 11) is 1.32. The molecule has 0 bridgehead atoms. The van der Waals surface area contributed by atoms with Crippen molar-refractivity contribution in [2.24, 2.45) is 11.3 Å². The van der Waals surface area contributed by atoms with E-state index in [1.54, 1.807) is 0 Å². The van der Waals surface area contributed by atoms with Gasteiger partial charge in [0.1, 0.15) is 5.67 Å². The second-order valence-electron chi connectivity index (χ2n) is 4.20. The third kappa shape index (κ3) is 0.822. The fraction of sp³-hybridized carbons (Fsp3) is 0.889. The van der Waals surface area contributed by atoms with Gasteiger partial charge in [-0.25, -0.2) is 4.39 Å². The van der Waals surface area contributed by atoms with Crippen LogP contribution in [0, 0.1) is 11.3 Å². The summed E-state index contributed by atoms with van der Waals surface area (Å²) >= 11 is 0. The van der Waals surface area contributed by atoms with Crippen LogP contribution in [0.25, 0.3) is 0 Å². The van der Waals surface area contributed by atoms with Crippen molar-refractivity contribution in [2.45, 2.75) is 31.9 Å². The largest absolute Gasteiger partial charge is 0.469 e. The van der Waals surface area contributed by atoms with Crippen molar-refractivity contribution in [2.75, 3.05) is 7.11 Å². The van der Waals surface area contributed by atoms with Crippen molar-refractivity contribution < 1.29 is 13.9 Å². The van der Waals surface area contributed by atoms with Crippen molar-refractivity contribution in [1.29, 1.82) is 0 Å². The molecule has 0 N–H and O–H groups in total. The molecule has 2 fully saturated rings. The SMILES string of the molecule is COC(=O)[C@@H]1C[C@@]1(F)C1(C)CC1. The summed E-state index contributed by atoms with van der Waals surface area (Å²) in [5.74, 6) is -0.861. The maximum atomic E-state index is 13.9. The first-order valence-corrected chi connectivity index (χ1v) is 4.30. The molecule has 0 radical (unpaired) electrons. The van der Waals surface area contributed by atoms with Gasteiger partial charge in [-0.05, 0) is 19.3 Å². The zero-order valence-corrected chi connectivity index (χ0v) is 7.39. The Hall–Kier alpha value is -0.600. The van der Waals surface area contributed by atoms with E-state index in [0.29, 0.717) is 6.42 Å². The monoisotopic (exact) mass is 172 g/mol. The van der Waals surface area contributed by atoms with Crippen LogP contribution in [0.2, 0.25) is 0 Å². The molecule has 0 aromatic rings. The smallest absolute Gasteiger partial charge is 0.312 e. The van der Waals surface area contributed by atoms with Crippen molar-refractivity contribution >= 4 is 5.97 Å². The highest BCUT2D eigenvalue weighted by molar-refractivity contribution is 5.78. The predicted octanol–water partition coefficient (Wildman–Crippen LogP) is 1.69. The van der Waals surface area contributed by atoms with Crippen LogP contribution in [0.15, 0.2) is 0 Å². The van der Waals surface area contributed by atoms with Crippen LogP contribution in [0.4, 0.5) is 4.39 Å². The maximum absolute atomic E-state index is 13.9. The van der Waals surface area contributed by atoms with Gasteiger partial charge in [-0.3, -0.25) is 4.79 Å². The Morgan fingerprint density at radius 3 is 2.58 bits per heavy atom. The zero-order valence-electron chi connectivity index (χ0n) is 7.39. The summed E-state index contributed by atoms with van der Waals surface area (Å²) < 4.78 is 18.4. The Morgan fingerprint density at radius 2 is 2.17 bits per heavy atom. The van der Waals surface area contributed by atoms with Crippen LogP contribution in [0.5, 0.6) is 0 Å². The molecule has 2 atom stereocenters. The minimum absolute atomic E-state index is 0.216. The molecular weight excluding hydrogens is 159 g/mol. The normalized spacial score (nSPS) is 42.1. The molecule has 0 spiro atoms. The minimum Gasteiger partial charge on any atom is -0.469 e. The molecule has 2 nitrogen and oxygen atoms in total. The van der Waals surface area contributed by atoms with Crippen LogP contribution in [-0.2, 0) is 9.53 Å². The Kier molecular flexibility index (Phi) is 1.34. The molecule has 2 saturated carbocycles. The molecular formula is C9H13FO2. The molecule has 2 rings (SSSR count). The lowest BCUT2D eigenvalue weighted by Crippen LogP contribution is -2.22. The lowest BCUT2D eigenvalue weighted by Gasteiger charge is -2.13. The standard InChI is InChI=1S/C9H13FO2/c1-8(3-4-8)9(10)5-6(9)7(11)12-2/h6H,3-5H2,1-2H3/t6-,9-/m0/s1. The van der Waals surface area contributed by atoms with Gasteiger partial charge in [-0.1, -0.05) is 6.92 Å². The average molecular weight is 172 g/mol. The molecule has 3 heteroatoms. The second kappa shape index (κ2) is 2.01. The van der Waals surface area contributed by atoms with E-state index < -0.39 is 11.6 Å². The number of hydrogen-bond donors (Lipinski definition) is 0. The first-order valence-electron chi connectivity index (χ1n) is 4.30. The molecule has 0 unspecified atom stereocenters. The third-order valence-electron chi connectivity index (χ3n) is 3.38. The van der Waals surface area contributed by atoms with Crippen molar-refractivity contribution in [1.82, 2.24) is 0 Å². The number of carbonyl (C=O) groups is 1. The van der Waals surface area contributed by atoms with E-state index in [4.69, 9.17) is 0 Å². The van der Waals surface area contributed by atoms with Gasteiger partial charge in [0.2, 0.25) is 0 Å². The number of esters is 1.